The fourth-order valence-corrected chi connectivity index (χ4v) is 2.56. The molecular formula is C16H17N5O5. The van der Waals surface area contributed by atoms with Gasteiger partial charge in [-0.3, -0.25) is 19.1 Å². The van der Waals surface area contributed by atoms with Crippen molar-refractivity contribution in [3.63, 3.8) is 0 Å². The number of benzene rings is 1. The molecule has 0 fully saturated rings. The van der Waals surface area contributed by atoms with E-state index in [0.29, 0.717) is 17.2 Å². The zero-order valence-electron chi connectivity index (χ0n) is 14.4. The molecule has 3 rings (SSSR count). The van der Waals surface area contributed by atoms with Crippen LogP contribution in [0.25, 0.3) is 11.2 Å². The summed E-state index contributed by atoms with van der Waals surface area (Å²) in [5, 5.41) is 2.71. The van der Waals surface area contributed by atoms with Gasteiger partial charge in [-0.25, -0.2) is 9.78 Å². The maximum absolute atomic E-state index is 12.4. The van der Waals surface area contributed by atoms with Gasteiger partial charge in [-0.2, -0.15) is 0 Å². The summed E-state index contributed by atoms with van der Waals surface area (Å²) in [6.45, 7) is -0.169. The van der Waals surface area contributed by atoms with Crippen LogP contribution in [-0.4, -0.2) is 39.2 Å². The Hall–Kier alpha value is -3.56. The average Bonchev–Trinajstić information content (AvgIpc) is 3.03. The fourth-order valence-electron chi connectivity index (χ4n) is 2.56. The highest BCUT2D eigenvalue weighted by Gasteiger charge is 2.15. The largest absolute Gasteiger partial charge is 0.497 e. The number of H-pyrrole nitrogens is 1. The van der Waals surface area contributed by atoms with Gasteiger partial charge >= 0.3 is 5.69 Å². The summed E-state index contributed by atoms with van der Waals surface area (Å²) in [4.78, 5) is 42.3. The number of hydrogen-bond donors (Lipinski definition) is 2. The first-order chi connectivity index (χ1) is 12.4. The summed E-state index contributed by atoms with van der Waals surface area (Å²) in [6, 6.07) is 5.00. The van der Waals surface area contributed by atoms with Crippen molar-refractivity contribution in [2.24, 2.45) is 7.05 Å². The van der Waals surface area contributed by atoms with Gasteiger partial charge in [-0.05, 0) is 12.1 Å². The summed E-state index contributed by atoms with van der Waals surface area (Å²) in [7, 11) is 4.49. The third kappa shape index (κ3) is 3.04. The number of aryl methyl sites for hydroxylation is 1. The molecule has 2 N–H and O–H groups in total. The lowest BCUT2D eigenvalue weighted by atomic mass is 10.2. The van der Waals surface area contributed by atoms with Gasteiger partial charge in [0.15, 0.2) is 11.2 Å². The molecule has 0 aliphatic heterocycles. The number of nitrogens with zero attached hydrogens (tertiary/aromatic N) is 3. The van der Waals surface area contributed by atoms with Crippen LogP contribution in [0.15, 0.2) is 34.1 Å². The highest BCUT2D eigenvalue weighted by Crippen LogP contribution is 2.28. The van der Waals surface area contributed by atoms with E-state index in [-0.39, 0.29) is 17.7 Å². The van der Waals surface area contributed by atoms with E-state index in [1.165, 1.54) is 36.7 Å². The van der Waals surface area contributed by atoms with E-state index in [0.717, 1.165) is 0 Å². The first kappa shape index (κ1) is 17.3. The number of aromatic amines is 1. The van der Waals surface area contributed by atoms with Crippen molar-refractivity contribution in [2.45, 2.75) is 6.54 Å². The van der Waals surface area contributed by atoms with Gasteiger partial charge in [0.1, 0.15) is 18.0 Å². The smallest absolute Gasteiger partial charge is 0.329 e. The number of fused-ring (bicyclic) bond motifs is 1. The normalized spacial score (nSPS) is 10.7. The predicted molar refractivity (Wildman–Crippen MR) is 93.8 cm³/mol. The Bertz CT molecular complexity index is 1090. The Balaban J connectivity index is 1.90. The van der Waals surface area contributed by atoms with Crippen molar-refractivity contribution in [3.05, 3.63) is 45.4 Å². The topological polar surface area (TPSA) is 120 Å². The molecule has 10 heteroatoms. The third-order valence-corrected chi connectivity index (χ3v) is 3.87. The van der Waals surface area contributed by atoms with Gasteiger partial charge in [0.05, 0.1) is 26.2 Å². The summed E-state index contributed by atoms with van der Waals surface area (Å²) in [5.74, 6) is 0.625. The summed E-state index contributed by atoms with van der Waals surface area (Å²) < 4.78 is 12.9. The lowest BCUT2D eigenvalue weighted by molar-refractivity contribution is -0.116. The molecule has 0 saturated carbocycles. The highest BCUT2D eigenvalue weighted by atomic mass is 16.5. The van der Waals surface area contributed by atoms with Crippen LogP contribution in [0.5, 0.6) is 11.5 Å². The van der Waals surface area contributed by atoms with E-state index >= 15 is 0 Å². The number of anilines is 1. The minimum absolute atomic E-state index is 0.139. The Morgan fingerprint density at radius 3 is 2.73 bits per heavy atom. The van der Waals surface area contributed by atoms with E-state index < -0.39 is 17.2 Å². The predicted octanol–water partition coefficient (Wildman–Crippen LogP) is 0.0792. The quantitative estimate of drug-likeness (QED) is 0.666. The first-order valence-electron chi connectivity index (χ1n) is 7.60. The molecule has 26 heavy (non-hydrogen) atoms. The van der Waals surface area contributed by atoms with Crippen molar-refractivity contribution in [2.75, 3.05) is 19.5 Å². The van der Waals surface area contributed by atoms with Crippen molar-refractivity contribution >= 4 is 22.8 Å². The van der Waals surface area contributed by atoms with Crippen LogP contribution in [0, 0.1) is 0 Å². The molecule has 1 amide bonds. The van der Waals surface area contributed by atoms with Crippen LogP contribution < -0.4 is 26.0 Å². The molecule has 0 radical (unpaired) electrons. The molecule has 136 valence electrons. The number of ether oxygens (including phenoxy) is 2. The van der Waals surface area contributed by atoms with Crippen LogP contribution in [0.3, 0.4) is 0 Å². The second-order valence-electron chi connectivity index (χ2n) is 5.48. The molecule has 0 spiro atoms. The Morgan fingerprint density at radius 1 is 1.27 bits per heavy atom. The van der Waals surface area contributed by atoms with Crippen LogP contribution >= 0.6 is 0 Å². The minimum atomic E-state index is -0.604. The molecule has 0 unspecified atom stereocenters. The second kappa shape index (κ2) is 6.75. The lowest BCUT2D eigenvalue weighted by Crippen LogP contribution is -2.30. The molecule has 2 heterocycles. The van der Waals surface area contributed by atoms with Crippen molar-refractivity contribution in [3.8, 4) is 11.5 Å². The van der Waals surface area contributed by atoms with Gasteiger partial charge in [0, 0.05) is 13.1 Å². The Kier molecular flexibility index (Phi) is 4.48. The maximum atomic E-state index is 12.4. The van der Waals surface area contributed by atoms with Crippen LogP contribution in [0.4, 0.5) is 5.69 Å². The minimum Gasteiger partial charge on any atom is -0.497 e. The summed E-state index contributed by atoms with van der Waals surface area (Å²) in [6.07, 6.45) is 1.34. The van der Waals surface area contributed by atoms with Crippen LogP contribution in [0.2, 0.25) is 0 Å². The average molecular weight is 359 g/mol. The fraction of sp³-hybridized carbons (Fsp3) is 0.250. The zero-order valence-corrected chi connectivity index (χ0v) is 14.4. The Labute approximate surface area is 147 Å². The third-order valence-electron chi connectivity index (χ3n) is 3.87. The first-order valence-corrected chi connectivity index (χ1v) is 7.60. The molecule has 0 atom stereocenters. The molecule has 1 aromatic carbocycles. The van der Waals surface area contributed by atoms with Gasteiger partial charge in [0.2, 0.25) is 5.91 Å². The molecule has 2 aromatic heterocycles. The standard InChI is InChI=1S/C16H17N5O5/c1-20-14-13(15(23)19-16(20)24)21(8-17-14)7-12(22)18-10-6-9(25-2)4-5-11(10)26-3/h4-6,8H,7H2,1-3H3,(H,18,22)(H,19,23,24). The number of carbonyl (C=O) groups excluding carboxylic acids is 1. The number of amides is 1. The van der Waals surface area contributed by atoms with E-state index in [1.54, 1.807) is 18.2 Å². The summed E-state index contributed by atoms with van der Waals surface area (Å²) in [5.41, 5.74) is -0.404. The molecule has 0 aliphatic rings. The molecule has 0 saturated heterocycles. The van der Waals surface area contributed by atoms with Crippen LogP contribution in [0.1, 0.15) is 0 Å². The van der Waals surface area contributed by atoms with Gasteiger partial charge in [-0.15, -0.1) is 0 Å². The highest BCUT2D eigenvalue weighted by molar-refractivity contribution is 5.93. The maximum Gasteiger partial charge on any atom is 0.329 e. The second-order valence-corrected chi connectivity index (χ2v) is 5.48. The molecule has 3 aromatic rings. The number of nitrogens with one attached hydrogen (secondary N) is 2. The number of aromatic nitrogens is 4. The van der Waals surface area contributed by atoms with Gasteiger partial charge in [-0.1, -0.05) is 0 Å². The van der Waals surface area contributed by atoms with Gasteiger partial charge < -0.3 is 19.4 Å². The summed E-state index contributed by atoms with van der Waals surface area (Å²) >= 11 is 0. The van der Waals surface area contributed by atoms with E-state index in [2.05, 4.69) is 15.3 Å². The number of carbonyl (C=O) groups is 1. The zero-order chi connectivity index (χ0) is 18.8. The number of hydrogen-bond acceptors (Lipinski definition) is 6. The van der Waals surface area contributed by atoms with Crippen molar-refractivity contribution in [1.29, 1.82) is 0 Å². The van der Waals surface area contributed by atoms with E-state index in [9.17, 15) is 14.4 Å². The van der Waals surface area contributed by atoms with Crippen molar-refractivity contribution in [1.82, 2.24) is 19.1 Å². The van der Waals surface area contributed by atoms with E-state index in [1.807, 2.05) is 0 Å². The van der Waals surface area contributed by atoms with Crippen LogP contribution in [-0.2, 0) is 18.4 Å². The van der Waals surface area contributed by atoms with Crippen molar-refractivity contribution < 1.29 is 14.3 Å². The number of rotatable bonds is 5. The molecule has 0 bridgehead atoms. The number of imidazole rings is 1. The Morgan fingerprint density at radius 2 is 2.04 bits per heavy atom. The molecular weight excluding hydrogens is 342 g/mol. The monoisotopic (exact) mass is 359 g/mol. The SMILES string of the molecule is COc1ccc(OC)c(NC(=O)Cn2cnc3c2c(=O)[nH]c(=O)n3C)c1. The lowest BCUT2D eigenvalue weighted by Gasteiger charge is -2.12. The molecule has 0 aliphatic carbocycles. The molecule has 10 nitrogen and oxygen atoms in total. The van der Waals surface area contributed by atoms with Gasteiger partial charge in [0.25, 0.3) is 5.56 Å². The number of methoxy groups -OCH3 is 2. The van der Waals surface area contributed by atoms with E-state index in [4.69, 9.17) is 9.47 Å².